The van der Waals surface area contributed by atoms with Crippen molar-refractivity contribution in [2.45, 2.75) is 31.9 Å². The van der Waals surface area contributed by atoms with E-state index in [4.69, 9.17) is 4.42 Å². The highest BCUT2D eigenvalue weighted by atomic mass is 19.1. The Morgan fingerprint density at radius 2 is 2.00 bits per heavy atom. The summed E-state index contributed by atoms with van der Waals surface area (Å²) in [7, 11) is 0. The van der Waals surface area contributed by atoms with Gasteiger partial charge >= 0.3 is 0 Å². The van der Waals surface area contributed by atoms with E-state index in [1.165, 1.54) is 12.1 Å². The number of carbonyl (C=O) groups is 1. The number of hydrogen-bond donors (Lipinski definition) is 2. The standard InChI is InChI=1S/C20H19FN2O3/c1-11-22-17-7-4-13(10-18(17)26-11)20(25)23-19(14-8-16(24)9-14)12-2-5-15(21)6-3-12/h2-7,10,14,16,19,24H,8-9H2,1H3,(H,23,25). The molecule has 2 N–H and O–H groups in total. The van der Waals surface area contributed by atoms with Crippen molar-refractivity contribution in [1.82, 2.24) is 10.3 Å². The maximum Gasteiger partial charge on any atom is 0.251 e. The van der Waals surface area contributed by atoms with E-state index in [1.54, 1.807) is 37.3 Å². The van der Waals surface area contributed by atoms with E-state index in [0.717, 1.165) is 5.56 Å². The molecule has 1 unspecified atom stereocenters. The number of hydrogen-bond acceptors (Lipinski definition) is 4. The second-order valence-corrected chi connectivity index (χ2v) is 6.80. The first kappa shape index (κ1) is 16.7. The Balaban J connectivity index is 1.59. The van der Waals surface area contributed by atoms with Crippen molar-refractivity contribution in [1.29, 1.82) is 0 Å². The van der Waals surface area contributed by atoms with Crippen LogP contribution in [0.15, 0.2) is 46.9 Å². The lowest BCUT2D eigenvalue weighted by atomic mass is 9.75. The SMILES string of the molecule is Cc1nc2ccc(C(=O)NC(c3ccc(F)cc3)C3CC(O)C3)cc2o1. The zero-order chi connectivity index (χ0) is 18.3. The zero-order valence-corrected chi connectivity index (χ0v) is 14.3. The number of rotatable bonds is 4. The number of aromatic nitrogens is 1. The third kappa shape index (κ3) is 3.20. The zero-order valence-electron chi connectivity index (χ0n) is 14.3. The van der Waals surface area contributed by atoms with Gasteiger partial charge in [0.2, 0.25) is 0 Å². The first-order valence-corrected chi connectivity index (χ1v) is 8.61. The smallest absolute Gasteiger partial charge is 0.251 e. The lowest BCUT2D eigenvalue weighted by Crippen LogP contribution is -2.41. The lowest BCUT2D eigenvalue weighted by molar-refractivity contribution is 0.0235. The number of nitrogens with one attached hydrogen (secondary N) is 1. The Morgan fingerprint density at radius 3 is 2.69 bits per heavy atom. The van der Waals surface area contributed by atoms with E-state index in [1.807, 2.05) is 0 Å². The molecule has 4 rings (SSSR count). The molecule has 1 fully saturated rings. The van der Waals surface area contributed by atoms with Crippen molar-refractivity contribution in [3.63, 3.8) is 0 Å². The summed E-state index contributed by atoms with van der Waals surface area (Å²) in [5, 5.41) is 12.7. The third-order valence-corrected chi connectivity index (χ3v) is 4.89. The van der Waals surface area contributed by atoms with Crippen LogP contribution in [0.1, 0.15) is 40.7 Å². The van der Waals surface area contributed by atoms with Gasteiger partial charge in [0.05, 0.1) is 12.1 Å². The average molecular weight is 354 g/mol. The molecule has 2 aromatic carbocycles. The minimum Gasteiger partial charge on any atom is -0.441 e. The summed E-state index contributed by atoms with van der Waals surface area (Å²) in [6.45, 7) is 1.76. The van der Waals surface area contributed by atoms with Gasteiger partial charge in [-0.2, -0.15) is 0 Å². The van der Waals surface area contributed by atoms with Gasteiger partial charge in [0, 0.05) is 12.5 Å². The Hall–Kier alpha value is -2.73. The molecule has 0 saturated heterocycles. The molecule has 1 aliphatic carbocycles. The monoisotopic (exact) mass is 354 g/mol. The van der Waals surface area contributed by atoms with Gasteiger partial charge in [-0.25, -0.2) is 9.37 Å². The molecular formula is C20H19FN2O3. The van der Waals surface area contributed by atoms with Crippen LogP contribution in [-0.4, -0.2) is 22.1 Å². The summed E-state index contributed by atoms with van der Waals surface area (Å²) in [6.07, 6.45) is 0.888. The van der Waals surface area contributed by atoms with Gasteiger partial charge in [-0.3, -0.25) is 4.79 Å². The maximum atomic E-state index is 13.2. The first-order chi connectivity index (χ1) is 12.5. The van der Waals surface area contributed by atoms with Gasteiger partial charge in [-0.15, -0.1) is 0 Å². The molecule has 1 atom stereocenters. The highest BCUT2D eigenvalue weighted by Crippen LogP contribution is 2.38. The van der Waals surface area contributed by atoms with Crippen LogP contribution < -0.4 is 5.32 Å². The average Bonchev–Trinajstić information content (AvgIpc) is 2.97. The molecular weight excluding hydrogens is 335 g/mol. The van der Waals surface area contributed by atoms with Gasteiger partial charge in [0.1, 0.15) is 11.3 Å². The summed E-state index contributed by atoms with van der Waals surface area (Å²) < 4.78 is 18.7. The van der Waals surface area contributed by atoms with Crippen LogP contribution in [0.5, 0.6) is 0 Å². The molecule has 1 saturated carbocycles. The minimum atomic E-state index is -0.339. The van der Waals surface area contributed by atoms with Crippen LogP contribution in [0.4, 0.5) is 4.39 Å². The van der Waals surface area contributed by atoms with Gasteiger partial charge in [-0.1, -0.05) is 12.1 Å². The molecule has 0 spiro atoms. The van der Waals surface area contributed by atoms with Gasteiger partial charge in [-0.05, 0) is 54.7 Å². The summed E-state index contributed by atoms with van der Waals surface area (Å²) in [5.74, 6) is 0.108. The van der Waals surface area contributed by atoms with E-state index in [0.29, 0.717) is 35.4 Å². The molecule has 0 radical (unpaired) electrons. The van der Waals surface area contributed by atoms with E-state index in [-0.39, 0.29) is 29.8 Å². The van der Waals surface area contributed by atoms with Crippen molar-refractivity contribution in [3.05, 3.63) is 65.3 Å². The van der Waals surface area contributed by atoms with Crippen molar-refractivity contribution >= 4 is 17.0 Å². The second-order valence-electron chi connectivity index (χ2n) is 6.80. The maximum absolute atomic E-state index is 13.2. The lowest BCUT2D eigenvalue weighted by Gasteiger charge is -2.38. The Kier molecular flexibility index (Phi) is 4.20. The van der Waals surface area contributed by atoms with Crippen molar-refractivity contribution in [3.8, 4) is 0 Å². The molecule has 26 heavy (non-hydrogen) atoms. The summed E-state index contributed by atoms with van der Waals surface area (Å²) in [4.78, 5) is 17.0. The fourth-order valence-corrected chi connectivity index (χ4v) is 3.45. The van der Waals surface area contributed by atoms with E-state index in [2.05, 4.69) is 10.3 Å². The second kappa shape index (κ2) is 6.53. The predicted octanol–water partition coefficient (Wildman–Crippen LogP) is 3.52. The van der Waals surface area contributed by atoms with Gasteiger partial charge in [0.25, 0.3) is 5.91 Å². The fraction of sp³-hybridized carbons (Fsp3) is 0.300. The van der Waals surface area contributed by atoms with Crippen LogP contribution in [0.2, 0.25) is 0 Å². The first-order valence-electron chi connectivity index (χ1n) is 8.61. The molecule has 0 aliphatic heterocycles. The molecule has 6 heteroatoms. The van der Waals surface area contributed by atoms with Crippen LogP contribution in [0.25, 0.3) is 11.1 Å². The number of oxazole rings is 1. The number of fused-ring (bicyclic) bond motifs is 1. The van der Waals surface area contributed by atoms with Crippen molar-refractivity contribution < 1.29 is 18.7 Å². The molecule has 3 aromatic rings. The Labute approximate surface area is 149 Å². The summed E-state index contributed by atoms with van der Waals surface area (Å²) in [6, 6.07) is 11.0. The Morgan fingerprint density at radius 1 is 1.27 bits per heavy atom. The molecule has 0 bridgehead atoms. The van der Waals surface area contributed by atoms with Crippen LogP contribution in [0, 0.1) is 18.7 Å². The van der Waals surface area contributed by atoms with Crippen molar-refractivity contribution in [2.24, 2.45) is 5.92 Å². The topological polar surface area (TPSA) is 75.4 Å². The molecule has 134 valence electrons. The number of nitrogens with zero attached hydrogens (tertiary/aromatic N) is 1. The number of halogens is 1. The number of amides is 1. The molecule has 5 nitrogen and oxygen atoms in total. The minimum absolute atomic E-state index is 0.121. The van der Waals surface area contributed by atoms with Gasteiger partial charge in [0.15, 0.2) is 11.5 Å². The van der Waals surface area contributed by atoms with Gasteiger partial charge < -0.3 is 14.8 Å². The fourth-order valence-electron chi connectivity index (χ4n) is 3.45. The van der Waals surface area contributed by atoms with E-state index in [9.17, 15) is 14.3 Å². The third-order valence-electron chi connectivity index (χ3n) is 4.89. The molecule has 1 heterocycles. The van der Waals surface area contributed by atoms with Crippen LogP contribution >= 0.6 is 0 Å². The number of benzene rings is 2. The summed E-state index contributed by atoms with van der Waals surface area (Å²) >= 11 is 0. The number of aliphatic hydroxyl groups excluding tert-OH is 1. The largest absolute Gasteiger partial charge is 0.441 e. The normalized spacial score (nSPS) is 20.6. The van der Waals surface area contributed by atoms with Crippen molar-refractivity contribution in [2.75, 3.05) is 0 Å². The predicted molar refractivity (Wildman–Crippen MR) is 94.1 cm³/mol. The molecule has 1 aromatic heterocycles. The number of carbonyl (C=O) groups excluding carboxylic acids is 1. The van der Waals surface area contributed by atoms with E-state index < -0.39 is 0 Å². The van der Waals surface area contributed by atoms with Crippen LogP contribution in [-0.2, 0) is 0 Å². The summed E-state index contributed by atoms with van der Waals surface area (Å²) in [5.41, 5.74) is 2.57. The van der Waals surface area contributed by atoms with Crippen LogP contribution in [0.3, 0.4) is 0 Å². The molecule has 1 aliphatic rings. The quantitative estimate of drug-likeness (QED) is 0.752. The Bertz CT molecular complexity index is 945. The van der Waals surface area contributed by atoms with E-state index >= 15 is 0 Å². The number of aliphatic hydroxyl groups is 1. The highest BCUT2D eigenvalue weighted by molar-refractivity contribution is 5.97. The number of aryl methyl sites for hydroxylation is 1. The highest BCUT2D eigenvalue weighted by Gasteiger charge is 2.35. The molecule has 1 amide bonds.